The highest BCUT2D eigenvalue weighted by Crippen LogP contribution is 2.25. The lowest BCUT2D eigenvalue weighted by Crippen LogP contribution is -2.28. The Morgan fingerprint density at radius 1 is 1.29 bits per heavy atom. The van der Waals surface area contributed by atoms with Crippen molar-refractivity contribution in [2.45, 2.75) is 25.8 Å². The molecule has 0 saturated carbocycles. The van der Waals surface area contributed by atoms with Crippen molar-refractivity contribution in [3.8, 4) is 5.75 Å². The number of amides is 2. The number of nitrogens with one attached hydrogen (secondary N) is 1. The van der Waals surface area contributed by atoms with Crippen LogP contribution in [0.15, 0.2) is 29.6 Å². The normalized spacial score (nSPS) is 13.5. The van der Waals surface area contributed by atoms with Gasteiger partial charge >= 0.3 is 5.97 Å². The van der Waals surface area contributed by atoms with Gasteiger partial charge in [0.2, 0.25) is 5.91 Å². The van der Waals surface area contributed by atoms with Crippen molar-refractivity contribution >= 4 is 34.3 Å². The molecule has 1 aromatic carbocycles. The monoisotopic (exact) mass is 403 g/mol. The van der Waals surface area contributed by atoms with Gasteiger partial charge in [-0.05, 0) is 24.1 Å². The van der Waals surface area contributed by atoms with Gasteiger partial charge in [-0.2, -0.15) is 0 Å². The number of nitrogens with zero attached hydrogens (tertiary/aromatic N) is 2. The molecule has 1 fully saturated rings. The second-order valence-electron chi connectivity index (χ2n) is 6.23. The van der Waals surface area contributed by atoms with Crippen LogP contribution >= 0.6 is 11.3 Å². The van der Waals surface area contributed by atoms with Crippen molar-refractivity contribution < 1.29 is 23.9 Å². The topological polar surface area (TPSA) is 97.8 Å². The van der Waals surface area contributed by atoms with Crippen LogP contribution in [0.1, 0.15) is 24.1 Å². The lowest BCUT2D eigenvalue weighted by molar-refractivity contribution is -0.147. The molecule has 0 spiro atoms. The van der Waals surface area contributed by atoms with E-state index >= 15 is 0 Å². The molecule has 2 aromatic rings. The van der Waals surface area contributed by atoms with Gasteiger partial charge in [-0.15, -0.1) is 11.3 Å². The quantitative estimate of drug-likeness (QED) is 0.674. The summed E-state index contributed by atoms with van der Waals surface area (Å²) in [6, 6.07) is 7.30. The van der Waals surface area contributed by atoms with Crippen molar-refractivity contribution in [1.29, 1.82) is 0 Å². The maximum absolute atomic E-state index is 11.9. The number of rotatable bonds is 8. The summed E-state index contributed by atoms with van der Waals surface area (Å²) in [5.41, 5.74) is 1.44. The lowest BCUT2D eigenvalue weighted by atomic mass is 10.2. The molecular weight excluding hydrogens is 382 g/mol. The van der Waals surface area contributed by atoms with Crippen molar-refractivity contribution in [1.82, 2.24) is 10.3 Å². The van der Waals surface area contributed by atoms with Crippen LogP contribution in [-0.4, -0.2) is 43.0 Å². The van der Waals surface area contributed by atoms with Crippen LogP contribution in [0.3, 0.4) is 0 Å². The van der Waals surface area contributed by atoms with E-state index in [1.165, 1.54) is 11.3 Å². The van der Waals surface area contributed by atoms with E-state index < -0.39 is 5.97 Å². The van der Waals surface area contributed by atoms with Gasteiger partial charge in [-0.25, -0.2) is 4.98 Å². The average Bonchev–Trinajstić information content (AvgIpc) is 3.33. The zero-order chi connectivity index (χ0) is 19.9. The fourth-order valence-corrected chi connectivity index (χ4v) is 3.56. The van der Waals surface area contributed by atoms with Gasteiger partial charge in [-0.1, -0.05) is 12.1 Å². The zero-order valence-corrected chi connectivity index (χ0v) is 16.3. The van der Waals surface area contributed by atoms with Crippen LogP contribution in [0, 0.1) is 0 Å². The van der Waals surface area contributed by atoms with Crippen LogP contribution in [-0.2, 0) is 32.1 Å². The Morgan fingerprint density at radius 2 is 2.07 bits per heavy atom. The highest BCUT2D eigenvalue weighted by molar-refractivity contribution is 7.14. The number of carbonyl (C=O) groups is 3. The molecule has 2 heterocycles. The summed E-state index contributed by atoms with van der Waals surface area (Å²) in [5, 5.41) is 5.01. The number of methoxy groups -OCH3 is 1. The van der Waals surface area contributed by atoms with Gasteiger partial charge in [0.1, 0.15) is 5.75 Å². The van der Waals surface area contributed by atoms with Gasteiger partial charge in [0.05, 0.1) is 19.2 Å². The van der Waals surface area contributed by atoms with Crippen molar-refractivity contribution in [3.63, 3.8) is 0 Å². The van der Waals surface area contributed by atoms with Gasteiger partial charge in [0, 0.05) is 24.9 Å². The van der Waals surface area contributed by atoms with E-state index in [1.807, 2.05) is 12.1 Å². The number of hydrogen-bond acceptors (Lipinski definition) is 7. The zero-order valence-electron chi connectivity index (χ0n) is 15.5. The second-order valence-corrected chi connectivity index (χ2v) is 7.07. The Balaban J connectivity index is 1.39. The fourth-order valence-electron chi connectivity index (χ4n) is 2.69. The molecule has 0 atom stereocenters. The molecule has 8 nitrogen and oxygen atoms in total. The predicted molar refractivity (Wildman–Crippen MR) is 103 cm³/mol. The first-order chi connectivity index (χ1) is 13.5. The summed E-state index contributed by atoms with van der Waals surface area (Å²) in [5.74, 6) is -0.129. The maximum atomic E-state index is 11.9. The van der Waals surface area contributed by atoms with Crippen LogP contribution in [0.5, 0.6) is 5.75 Å². The molecule has 0 unspecified atom stereocenters. The van der Waals surface area contributed by atoms with Crippen molar-refractivity contribution in [2.75, 3.05) is 25.2 Å². The molecule has 1 N–H and O–H groups in total. The minimum absolute atomic E-state index is 0.0374. The minimum atomic E-state index is -0.538. The number of anilines is 1. The lowest BCUT2D eigenvalue weighted by Gasteiger charge is -2.10. The molecule has 1 saturated heterocycles. The molecule has 1 aromatic heterocycles. The second kappa shape index (κ2) is 9.32. The number of thiazole rings is 1. The first-order valence-corrected chi connectivity index (χ1v) is 9.73. The van der Waals surface area contributed by atoms with Crippen molar-refractivity contribution in [2.24, 2.45) is 0 Å². The van der Waals surface area contributed by atoms with Gasteiger partial charge in [-0.3, -0.25) is 19.3 Å². The molecule has 9 heteroatoms. The van der Waals surface area contributed by atoms with E-state index in [0.717, 1.165) is 17.7 Å². The van der Waals surface area contributed by atoms with E-state index in [2.05, 4.69) is 10.3 Å². The standard InChI is InChI=1S/C19H21N3O5S/c1-26-15-6-4-13(5-7-15)10-20-16(23)11-27-18(25)9-14-12-28-19(21-14)22-8-2-3-17(22)24/h4-7,12H,2-3,8-11H2,1H3,(H,20,23). The van der Waals surface area contributed by atoms with Gasteiger partial charge in [0.25, 0.3) is 5.91 Å². The largest absolute Gasteiger partial charge is 0.497 e. The van der Waals surface area contributed by atoms with Crippen LogP contribution in [0.25, 0.3) is 0 Å². The summed E-state index contributed by atoms with van der Waals surface area (Å²) in [7, 11) is 1.59. The van der Waals surface area contributed by atoms with E-state index in [9.17, 15) is 14.4 Å². The molecule has 0 radical (unpaired) electrons. The van der Waals surface area contributed by atoms with E-state index in [1.54, 1.807) is 29.5 Å². The maximum Gasteiger partial charge on any atom is 0.312 e. The highest BCUT2D eigenvalue weighted by Gasteiger charge is 2.24. The molecular formula is C19H21N3O5S. The smallest absolute Gasteiger partial charge is 0.312 e. The highest BCUT2D eigenvalue weighted by atomic mass is 32.1. The van der Waals surface area contributed by atoms with Gasteiger partial charge in [0.15, 0.2) is 11.7 Å². The molecule has 1 aliphatic rings. The van der Waals surface area contributed by atoms with Crippen LogP contribution in [0.4, 0.5) is 5.13 Å². The van der Waals surface area contributed by atoms with Gasteiger partial charge < -0.3 is 14.8 Å². The molecule has 0 aliphatic carbocycles. The third-order valence-corrected chi connectivity index (χ3v) is 5.09. The summed E-state index contributed by atoms with van der Waals surface area (Å²) in [6.45, 7) is 0.640. The van der Waals surface area contributed by atoms with E-state index in [4.69, 9.17) is 9.47 Å². The van der Waals surface area contributed by atoms with Crippen LogP contribution < -0.4 is 15.0 Å². The Labute approximate surface area is 166 Å². The third kappa shape index (κ3) is 5.29. The third-order valence-electron chi connectivity index (χ3n) is 4.18. The number of aromatic nitrogens is 1. The summed E-state index contributed by atoms with van der Waals surface area (Å²) >= 11 is 1.32. The average molecular weight is 403 g/mol. The fraction of sp³-hybridized carbons (Fsp3) is 0.368. The Kier molecular flexibility index (Phi) is 6.59. The first kappa shape index (κ1) is 19.8. The summed E-state index contributed by atoms with van der Waals surface area (Å²) in [4.78, 5) is 41.4. The molecule has 0 bridgehead atoms. The predicted octanol–water partition coefficient (Wildman–Crippen LogP) is 1.68. The number of carbonyl (C=O) groups excluding carboxylic acids is 3. The molecule has 3 rings (SSSR count). The Hall–Kier alpha value is -2.94. The number of hydrogen-bond donors (Lipinski definition) is 1. The Bertz CT molecular complexity index is 850. The number of ether oxygens (including phenoxy) is 2. The van der Waals surface area contributed by atoms with Crippen molar-refractivity contribution in [3.05, 3.63) is 40.9 Å². The first-order valence-electron chi connectivity index (χ1n) is 8.85. The molecule has 28 heavy (non-hydrogen) atoms. The summed E-state index contributed by atoms with van der Waals surface area (Å²) < 4.78 is 10.1. The number of benzene rings is 1. The summed E-state index contributed by atoms with van der Waals surface area (Å²) in [6.07, 6.45) is 1.31. The Morgan fingerprint density at radius 3 is 2.75 bits per heavy atom. The number of esters is 1. The molecule has 1 aliphatic heterocycles. The van der Waals surface area contributed by atoms with Crippen LogP contribution in [0.2, 0.25) is 0 Å². The minimum Gasteiger partial charge on any atom is -0.497 e. The molecule has 148 valence electrons. The molecule has 2 amide bonds. The SMILES string of the molecule is COc1ccc(CNC(=O)COC(=O)Cc2csc(N3CCCC3=O)n2)cc1. The van der Waals surface area contributed by atoms with E-state index in [0.29, 0.717) is 30.3 Å². The van der Waals surface area contributed by atoms with E-state index in [-0.39, 0.29) is 24.8 Å².